The highest BCUT2D eigenvalue weighted by molar-refractivity contribution is 5.42. The van der Waals surface area contributed by atoms with Gasteiger partial charge < -0.3 is 5.32 Å². The molecular formula is C9H10N4. The second-order valence-electron chi connectivity index (χ2n) is 2.61. The van der Waals surface area contributed by atoms with Gasteiger partial charge in [-0.25, -0.2) is 9.67 Å². The fourth-order valence-electron chi connectivity index (χ4n) is 1.07. The van der Waals surface area contributed by atoms with Gasteiger partial charge in [-0.2, -0.15) is 5.10 Å². The molecule has 0 aliphatic heterocycles. The van der Waals surface area contributed by atoms with Gasteiger partial charge in [-0.3, -0.25) is 0 Å². The highest BCUT2D eigenvalue weighted by Crippen LogP contribution is 2.07. The quantitative estimate of drug-likeness (QED) is 0.746. The predicted octanol–water partition coefficient (Wildman–Crippen LogP) is 1.31. The van der Waals surface area contributed by atoms with Gasteiger partial charge in [0.1, 0.15) is 0 Å². The van der Waals surface area contributed by atoms with Gasteiger partial charge in [0.25, 0.3) is 0 Å². The van der Waals surface area contributed by atoms with E-state index in [9.17, 15) is 0 Å². The first kappa shape index (κ1) is 7.79. The monoisotopic (exact) mass is 174 g/mol. The zero-order valence-electron chi connectivity index (χ0n) is 7.31. The van der Waals surface area contributed by atoms with Crippen molar-refractivity contribution in [3.8, 4) is 5.82 Å². The number of hydrogen-bond acceptors (Lipinski definition) is 3. The first-order chi connectivity index (χ1) is 6.40. The molecule has 4 nitrogen and oxygen atoms in total. The number of pyridine rings is 1. The molecule has 0 saturated carbocycles. The lowest BCUT2D eigenvalue weighted by molar-refractivity contribution is 0.847. The topological polar surface area (TPSA) is 42.7 Å². The third-order valence-electron chi connectivity index (χ3n) is 1.78. The van der Waals surface area contributed by atoms with Gasteiger partial charge >= 0.3 is 0 Å². The Morgan fingerprint density at radius 3 is 2.85 bits per heavy atom. The highest BCUT2D eigenvalue weighted by atomic mass is 15.3. The van der Waals surface area contributed by atoms with E-state index in [1.165, 1.54) is 0 Å². The Morgan fingerprint density at radius 2 is 2.31 bits per heavy atom. The van der Waals surface area contributed by atoms with Crippen molar-refractivity contribution in [3.63, 3.8) is 0 Å². The molecule has 0 atom stereocenters. The minimum absolute atomic E-state index is 0.823. The van der Waals surface area contributed by atoms with Gasteiger partial charge in [0.15, 0.2) is 5.82 Å². The van der Waals surface area contributed by atoms with E-state index >= 15 is 0 Å². The lowest BCUT2D eigenvalue weighted by Gasteiger charge is -2.01. The van der Waals surface area contributed by atoms with E-state index in [4.69, 9.17) is 0 Å². The number of nitrogens with zero attached hydrogens (tertiary/aromatic N) is 3. The van der Waals surface area contributed by atoms with Crippen molar-refractivity contribution in [3.05, 3.63) is 36.8 Å². The van der Waals surface area contributed by atoms with E-state index in [0.717, 1.165) is 11.5 Å². The number of hydrogen-bond donors (Lipinski definition) is 1. The van der Waals surface area contributed by atoms with Gasteiger partial charge in [0, 0.05) is 19.4 Å². The molecule has 0 spiro atoms. The first-order valence-electron chi connectivity index (χ1n) is 4.04. The number of rotatable bonds is 2. The van der Waals surface area contributed by atoms with Crippen molar-refractivity contribution in [1.82, 2.24) is 14.8 Å². The van der Waals surface area contributed by atoms with E-state index in [-0.39, 0.29) is 0 Å². The summed E-state index contributed by atoms with van der Waals surface area (Å²) in [5, 5.41) is 7.08. The zero-order valence-corrected chi connectivity index (χ0v) is 7.31. The normalized spacial score (nSPS) is 9.92. The Morgan fingerprint density at radius 1 is 1.38 bits per heavy atom. The van der Waals surface area contributed by atoms with Crippen LogP contribution in [0.5, 0.6) is 0 Å². The molecule has 0 amide bonds. The van der Waals surface area contributed by atoms with Crippen molar-refractivity contribution in [2.75, 3.05) is 12.4 Å². The molecule has 2 aromatic rings. The van der Waals surface area contributed by atoms with Crippen molar-refractivity contribution >= 4 is 5.69 Å². The SMILES string of the molecule is CNc1ccc(-n2cccn2)nc1. The standard InChI is InChI=1S/C9H10N4/c1-10-8-3-4-9(11-7-8)13-6-2-5-12-13/h2-7,10H,1H3. The molecule has 0 unspecified atom stereocenters. The molecule has 2 aromatic heterocycles. The summed E-state index contributed by atoms with van der Waals surface area (Å²) in [6.07, 6.45) is 5.37. The Balaban J connectivity index is 2.33. The average molecular weight is 174 g/mol. The van der Waals surface area contributed by atoms with E-state index in [2.05, 4.69) is 15.4 Å². The van der Waals surface area contributed by atoms with Crippen LogP contribution in [0.4, 0.5) is 5.69 Å². The highest BCUT2D eigenvalue weighted by Gasteiger charge is 1.95. The fraction of sp³-hybridized carbons (Fsp3) is 0.111. The summed E-state index contributed by atoms with van der Waals surface area (Å²) < 4.78 is 1.72. The van der Waals surface area contributed by atoms with Crippen LogP contribution in [0.1, 0.15) is 0 Å². The van der Waals surface area contributed by atoms with Crippen LogP contribution in [0.2, 0.25) is 0 Å². The molecule has 0 radical (unpaired) electrons. The molecule has 0 bridgehead atoms. The van der Waals surface area contributed by atoms with Gasteiger partial charge in [0.05, 0.1) is 11.9 Å². The molecule has 0 aromatic carbocycles. The molecule has 2 rings (SSSR count). The van der Waals surface area contributed by atoms with Gasteiger partial charge in [-0.1, -0.05) is 0 Å². The number of nitrogens with one attached hydrogen (secondary N) is 1. The zero-order chi connectivity index (χ0) is 9.10. The summed E-state index contributed by atoms with van der Waals surface area (Å²) in [6.45, 7) is 0. The Kier molecular flexibility index (Phi) is 1.96. The van der Waals surface area contributed by atoms with Crippen molar-refractivity contribution < 1.29 is 0 Å². The summed E-state index contributed by atoms with van der Waals surface area (Å²) in [6, 6.07) is 5.75. The second-order valence-corrected chi connectivity index (χ2v) is 2.61. The Hall–Kier alpha value is -1.84. The molecule has 2 heterocycles. The van der Waals surface area contributed by atoms with Crippen LogP contribution in [-0.4, -0.2) is 21.8 Å². The summed E-state index contributed by atoms with van der Waals surface area (Å²) in [5.41, 5.74) is 0.996. The van der Waals surface area contributed by atoms with Crippen LogP contribution in [0.15, 0.2) is 36.8 Å². The molecular weight excluding hydrogens is 164 g/mol. The molecule has 4 heteroatoms. The van der Waals surface area contributed by atoms with Crippen molar-refractivity contribution in [2.24, 2.45) is 0 Å². The van der Waals surface area contributed by atoms with Crippen molar-refractivity contribution in [2.45, 2.75) is 0 Å². The van der Waals surface area contributed by atoms with Crippen LogP contribution < -0.4 is 5.32 Å². The first-order valence-corrected chi connectivity index (χ1v) is 4.04. The van der Waals surface area contributed by atoms with E-state index in [1.54, 1.807) is 17.1 Å². The third kappa shape index (κ3) is 1.51. The number of anilines is 1. The van der Waals surface area contributed by atoms with Crippen LogP contribution in [0.3, 0.4) is 0 Å². The maximum Gasteiger partial charge on any atom is 0.153 e. The summed E-state index contributed by atoms with van der Waals surface area (Å²) in [5.74, 6) is 0.823. The predicted molar refractivity (Wildman–Crippen MR) is 50.9 cm³/mol. The summed E-state index contributed by atoms with van der Waals surface area (Å²) >= 11 is 0. The van der Waals surface area contributed by atoms with Crippen LogP contribution in [-0.2, 0) is 0 Å². The minimum Gasteiger partial charge on any atom is -0.387 e. The minimum atomic E-state index is 0.823. The molecule has 0 aliphatic rings. The Bertz CT molecular complexity index is 363. The molecule has 1 N–H and O–H groups in total. The van der Waals surface area contributed by atoms with E-state index in [1.807, 2.05) is 31.4 Å². The van der Waals surface area contributed by atoms with Gasteiger partial charge in [-0.05, 0) is 18.2 Å². The Labute approximate surface area is 76.2 Å². The third-order valence-corrected chi connectivity index (χ3v) is 1.78. The number of aromatic nitrogens is 3. The molecule has 66 valence electrons. The van der Waals surface area contributed by atoms with Crippen molar-refractivity contribution in [1.29, 1.82) is 0 Å². The van der Waals surface area contributed by atoms with Crippen LogP contribution in [0, 0.1) is 0 Å². The molecule has 0 saturated heterocycles. The average Bonchev–Trinajstić information content (AvgIpc) is 2.71. The molecule has 0 fully saturated rings. The van der Waals surface area contributed by atoms with Crippen LogP contribution >= 0.6 is 0 Å². The fourth-order valence-corrected chi connectivity index (χ4v) is 1.07. The second kappa shape index (κ2) is 3.26. The largest absolute Gasteiger partial charge is 0.387 e. The maximum atomic E-state index is 4.23. The maximum absolute atomic E-state index is 4.23. The lowest BCUT2D eigenvalue weighted by Crippen LogP contribution is -1.98. The van der Waals surface area contributed by atoms with Gasteiger partial charge in [0.2, 0.25) is 0 Å². The van der Waals surface area contributed by atoms with E-state index in [0.29, 0.717) is 0 Å². The smallest absolute Gasteiger partial charge is 0.153 e. The molecule has 13 heavy (non-hydrogen) atoms. The van der Waals surface area contributed by atoms with Gasteiger partial charge in [-0.15, -0.1) is 0 Å². The summed E-state index contributed by atoms with van der Waals surface area (Å²) in [4.78, 5) is 4.23. The molecule has 0 aliphatic carbocycles. The summed E-state index contributed by atoms with van der Waals surface area (Å²) in [7, 11) is 1.87. The van der Waals surface area contributed by atoms with Crippen LogP contribution in [0.25, 0.3) is 5.82 Å². The van der Waals surface area contributed by atoms with E-state index < -0.39 is 0 Å². The lowest BCUT2D eigenvalue weighted by atomic mass is 10.4.